The molecule has 190 valence electrons. The molecule has 0 aliphatic carbocycles. The molecule has 4 rings (SSSR count). The average molecular weight is 501 g/mol. The van der Waals surface area contributed by atoms with Crippen molar-refractivity contribution in [3.05, 3.63) is 88.8 Å². The highest BCUT2D eigenvalue weighted by Crippen LogP contribution is 2.45. The zero-order chi connectivity index (χ0) is 26.4. The van der Waals surface area contributed by atoms with Gasteiger partial charge in [0.05, 0.1) is 25.7 Å². The van der Waals surface area contributed by atoms with Gasteiger partial charge in [-0.2, -0.15) is 5.26 Å². The van der Waals surface area contributed by atoms with Gasteiger partial charge in [0.2, 0.25) is 5.88 Å². The summed E-state index contributed by atoms with van der Waals surface area (Å²) in [6.45, 7) is 7.00. The Balaban J connectivity index is 1.70. The van der Waals surface area contributed by atoms with Crippen molar-refractivity contribution in [1.29, 1.82) is 5.26 Å². The fraction of sp³-hybridized carbons (Fsp3) is 0.241. The number of hydrogen-bond acceptors (Lipinski definition) is 8. The van der Waals surface area contributed by atoms with Gasteiger partial charge < -0.3 is 29.4 Å². The van der Waals surface area contributed by atoms with Gasteiger partial charge in [0.15, 0.2) is 11.5 Å². The summed E-state index contributed by atoms with van der Waals surface area (Å²) < 4.78 is 28.4. The van der Waals surface area contributed by atoms with Crippen molar-refractivity contribution in [3.63, 3.8) is 0 Å². The summed E-state index contributed by atoms with van der Waals surface area (Å²) in [6, 6.07) is 19.6. The van der Waals surface area contributed by atoms with Crippen molar-refractivity contribution >= 4 is 5.97 Å². The van der Waals surface area contributed by atoms with Crippen molar-refractivity contribution in [2.45, 2.75) is 26.7 Å². The van der Waals surface area contributed by atoms with Gasteiger partial charge in [-0.15, -0.1) is 0 Å². The monoisotopic (exact) mass is 500 g/mol. The second-order valence-electron chi connectivity index (χ2n) is 8.02. The Morgan fingerprint density at radius 1 is 0.919 bits per heavy atom. The lowest BCUT2D eigenvalue weighted by Crippen LogP contribution is -2.21. The molecule has 0 saturated carbocycles. The van der Waals surface area contributed by atoms with E-state index in [-0.39, 0.29) is 17.2 Å². The van der Waals surface area contributed by atoms with Crippen LogP contribution in [0.4, 0.5) is 0 Å². The Hall–Kier alpha value is -4.64. The maximum absolute atomic E-state index is 12.9. The molecule has 0 bridgehead atoms. The van der Waals surface area contributed by atoms with Crippen molar-refractivity contribution in [3.8, 4) is 34.8 Å². The van der Waals surface area contributed by atoms with Crippen LogP contribution >= 0.6 is 0 Å². The van der Waals surface area contributed by atoms with Gasteiger partial charge in [-0.3, -0.25) is 0 Å². The molecule has 0 radical (unpaired) electrons. The lowest BCUT2D eigenvalue weighted by Gasteiger charge is -2.27. The van der Waals surface area contributed by atoms with Gasteiger partial charge in [0, 0.05) is 11.6 Å². The van der Waals surface area contributed by atoms with Crippen LogP contribution in [0, 0.1) is 11.3 Å². The van der Waals surface area contributed by atoms with Crippen LogP contribution in [0.3, 0.4) is 0 Å². The van der Waals surface area contributed by atoms with Crippen molar-refractivity contribution in [2.75, 3.05) is 19.8 Å². The summed E-state index contributed by atoms with van der Waals surface area (Å²) in [5.74, 6) is 1.19. The quantitative estimate of drug-likeness (QED) is 0.310. The highest BCUT2D eigenvalue weighted by atomic mass is 16.5. The molecule has 3 aromatic rings. The number of rotatable bonds is 9. The summed E-state index contributed by atoms with van der Waals surface area (Å²) in [5.41, 5.74) is 8.22. The Morgan fingerprint density at radius 2 is 1.62 bits per heavy atom. The summed E-state index contributed by atoms with van der Waals surface area (Å²) >= 11 is 0. The summed E-state index contributed by atoms with van der Waals surface area (Å²) in [6.07, 6.45) is 0. The van der Waals surface area contributed by atoms with Crippen LogP contribution in [-0.4, -0.2) is 25.8 Å². The molecule has 1 aliphatic heterocycles. The van der Waals surface area contributed by atoms with Crippen LogP contribution in [0.1, 0.15) is 48.2 Å². The first kappa shape index (κ1) is 25.5. The van der Waals surface area contributed by atoms with Crippen LogP contribution in [-0.2, 0) is 0 Å². The summed E-state index contributed by atoms with van der Waals surface area (Å²) in [5, 5.41) is 9.89. The minimum Gasteiger partial charge on any atom is -0.493 e. The van der Waals surface area contributed by atoms with E-state index < -0.39 is 11.9 Å². The Labute approximate surface area is 215 Å². The molecule has 0 spiro atoms. The van der Waals surface area contributed by atoms with Gasteiger partial charge in [-0.05, 0) is 56.7 Å². The second-order valence-corrected chi connectivity index (χ2v) is 8.02. The third kappa shape index (κ3) is 5.31. The first-order valence-corrected chi connectivity index (χ1v) is 12.1. The number of fused-ring (bicyclic) bond motifs is 1. The molecular weight excluding hydrogens is 472 g/mol. The molecule has 0 amide bonds. The maximum atomic E-state index is 12.9. The number of benzene rings is 3. The van der Waals surface area contributed by atoms with Crippen LogP contribution in [0.5, 0.6) is 28.7 Å². The zero-order valence-corrected chi connectivity index (χ0v) is 20.9. The number of nitriles is 1. The number of allylic oxidation sites excluding steroid dienone is 1. The number of nitrogens with zero attached hydrogens (tertiary/aromatic N) is 1. The molecule has 2 N–H and O–H groups in total. The number of carbonyl (C=O) groups excluding carboxylic acids is 1. The SMILES string of the molecule is CCOc1ccc(C2C(C#N)=C(N)Oc3cc(OC(=O)c4ccccc4OCC)ccc32)cc1OCC. The highest BCUT2D eigenvalue weighted by molar-refractivity contribution is 5.94. The fourth-order valence-corrected chi connectivity index (χ4v) is 4.17. The zero-order valence-electron chi connectivity index (χ0n) is 20.9. The molecule has 3 aromatic carbocycles. The van der Waals surface area contributed by atoms with Crippen LogP contribution < -0.4 is 29.4 Å². The predicted molar refractivity (Wildman–Crippen MR) is 137 cm³/mol. The molecule has 1 atom stereocenters. The minimum absolute atomic E-state index is 0.0167. The lowest BCUT2D eigenvalue weighted by molar-refractivity contribution is 0.0730. The first-order chi connectivity index (χ1) is 18.0. The van der Waals surface area contributed by atoms with Crippen molar-refractivity contribution in [1.82, 2.24) is 0 Å². The number of ether oxygens (including phenoxy) is 5. The largest absolute Gasteiger partial charge is 0.493 e. The molecule has 0 fully saturated rings. The lowest BCUT2D eigenvalue weighted by atomic mass is 9.83. The Morgan fingerprint density at radius 3 is 2.35 bits per heavy atom. The predicted octanol–water partition coefficient (Wildman–Crippen LogP) is 5.32. The van der Waals surface area contributed by atoms with Gasteiger partial charge in [0.1, 0.15) is 34.5 Å². The minimum atomic E-state index is -0.564. The molecule has 1 aliphatic rings. The molecule has 8 nitrogen and oxygen atoms in total. The summed E-state index contributed by atoms with van der Waals surface area (Å²) in [7, 11) is 0. The van der Waals surface area contributed by atoms with Crippen LogP contribution in [0.2, 0.25) is 0 Å². The van der Waals surface area contributed by atoms with Crippen molar-refractivity contribution < 1.29 is 28.5 Å². The molecule has 0 aromatic heterocycles. The normalized spacial score (nSPS) is 14.2. The first-order valence-electron chi connectivity index (χ1n) is 12.1. The third-order valence-corrected chi connectivity index (χ3v) is 5.71. The Bertz CT molecular complexity index is 1380. The van der Waals surface area contributed by atoms with Gasteiger partial charge in [-0.1, -0.05) is 24.3 Å². The number of esters is 1. The third-order valence-electron chi connectivity index (χ3n) is 5.71. The molecule has 1 unspecified atom stereocenters. The van der Waals surface area contributed by atoms with Gasteiger partial charge in [0.25, 0.3) is 0 Å². The molecule has 37 heavy (non-hydrogen) atoms. The van der Waals surface area contributed by atoms with E-state index in [0.717, 1.165) is 5.56 Å². The summed E-state index contributed by atoms with van der Waals surface area (Å²) in [4.78, 5) is 12.9. The molecule has 8 heteroatoms. The van der Waals surface area contributed by atoms with E-state index in [9.17, 15) is 10.1 Å². The number of para-hydroxylation sites is 1. The van der Waals surface area contributed by atoms with E-state index >= 15 is 0 Å². The van der Waals surface area contributed by atoms with Gasteiger partial charge >= 0.3 is 5.97 Å². The van der Waals surface area contributed by atoms with E-state index in [1.165, 1.54) is 0 Å². The van der Waals surface area contributed by atoms with Gasteiger partial charge in [-0.25, -0.2) is 4.79 Å². The van der Waals surface area contributed by atoms with E-state index in [1.54, 1.807) is 42.5 Å². The average Bonchev–Trinajstić information content (AvgIpc) is 2.89. The van der Waals surface area contributed by atoms with E-state index in [1.807, 2.05) is 39.0 Å². The van der Waals surface area contributed by atoms with E-state index in [2.05, 4.69) is 6.07 Å². The highest BCUT2D eigenvalue weighted by Gasteiger charge is 2.32. The topological polar surface area (TPSA) is 113 Å². The standard InChI is InChI=1S/C29H28N2O6/c1-4-33-23-10-8-7-9-21(23)29(32)36-19-12-13-20-25(16-19)37-28(31)22(17-30)27(20)18-11-14-24(34-5-2)26(15-18)35-6-3/h7-16,27H,4-6,31H2,1-3H3. The number of hydrogen-bond donors (Lipinski definition) is 1. The van der Waals surface area contributed by atoms with Crippen molar-refractivity contribution in [2.24, 2.45) is 5.73 Å². The Kier molecular flexibility index (Phi) is 7.84. The van der Waals surface area contributed by atoms with E-state index in [4.69, 9.17) is 29.4 Å². The van der Waals surface area contributed by atoms with Crippen LogP contribution in [0.25, 0.3) is 0 Å². The molecular formula is C29H28N2O6. The fourth-order valence-electron chi connectivity index (χ4n) is 4.17. The number of nitrogens with two attached hydrogens (primary N) is 1. The smallest absolute Gasteiger partial charge is 0.347 e. The molecule has 0 saturated heterocycles. The van der Waals surface area contributed by atoms with E-state index in [0.29, 0.717) is 53.9 Å². The maximum Gasteiger partial charge on any atom is 0.347 e. The second kappa shape index (κ2) is 11.4. The van der Waals surface area contributed by atoms with Crippen LogP contribution in [0.15, 0.2) is 72.1 Å². The number of carbonyl (C=O) groups is 1. The molecule has 1 heterocycles.